The molecule has 2 aliphatic carbocycles. The van der Waals surface area contributed by atoms with Gasteiger partial charge in [-0.2, -0.15) is 0 Å². The first-order chi connectivity index (χ1) is 10.3. The van der Waals surface area contributed by atoms with E-state index in [0.717, 1.165) is 36.4 Å². The fourth-order valence-electron chi connectivity index (χ4n) is 4.32. The fourth-order valence-corrected chi connectivity index (χ4v) is 4.32. The Morgan fingerprint density at radius 3 is 2.90 bits per heavy atom. The van der Waals surface area contributed by atoms with Crippen molar-refractivity contribution in [2.24, 2.45) is 17.8 Å². The second-order valence-corrected chi connectivity index (χ2v) is 6.66. The summed E-state index contributed by atoms with van der Waals surface area (Å²) >= 11 is 0. The minimum absolute atomic E-state index is 0.555. The predicted octanol–water partition coefficient (Wildman–Crippen LogP) is 2.83. The third-order valence-corrected chi connectivity index (χ3v) is 5.30. The maximum Gasteiger partial charge on any atom is 0.216 e. The maximum atomic E-state index is 5.22. The Balaban J connectivity index is 1.69. The van der Waals surface area contributed by atoms with Crippen LogP contribution in [0, 0.1) is 17.8 Å². The van der Waals surface area contributed by atoms with Gasteiger partial charge < -0.3 is 10.1 Å². The Morgan fingerprint density at radius 2 is 2.24 bits per heavy atom. The number of nitrogens with one attached hydrogen (secondary N) is 1. The van der Waals surface area contributed by atoms with Crippen LogP contribution in [0.5, 0.6) is 5.88 Å². The van der Waals surface area contributed by atoms with Crippen molar-refractivity contribution < 1.29 is 4.74 Å². The molecular weight excluding hydrogens is 262 g/mol. The monoisotopic (exact) mass is 289 g/mol. The number of nitrogens with zero attached hydrogens (tertiary/aromatic N) is 2. The van der Waals surface area contributed by atoms with Crippen molar-refractivity contribution in [1.82, 2.24) is 15.3 Å². The summed E-state index contributed by atoms with van der Waals surface area (Å²) in [4.78, 5) is 8.55. The summed E-state index contributed by atoms with van der Waals surface area (Å²) < 4.78 is 5.22. The average Bonchev–Trinajstić information content (AvgIpc) is 3.14. The zero-order chi connectivity index (χ0) is 14.7. The average molecular weight is 289 g/mol. The molecule has 2 fully saturated rings. The zero-order valence-electron chi connectivity index (χ0n) is 13.2. The van der Waals surface area contributed by atoms with Gasteiger partial charge in [0, 0.05) is 24.2 Å². The third kappa shape index (κ3) is 3.37. The molecule has 1 aromatic rings. The molecule has 0 saturated heterocycles. The summed E-state index contributed by atoms with van der Waals surface area (Å²) in [5.74, 6) is 3.43. The maximum absolute atomic E-state index is 5.22. The molecule has 21 heavy (non-hydrogen) atoms. The summed E-state index contributed by atoms with van der Waals surface area (Å²) in [5.41, 5.74) is 1.10. The van der Waals surface area contributed by atoms with E-state index in [4.69, 9.17) is 4.74 Å². The highest BCUT2D eigenvalue weighted by Gasteiger charge is 2.42. The lowest BCUT2D eigenvalue weighted by molar-refractivity contribution is 0.245. The van der Waals surface area contributed by atoms with Crippen molar-refractivity contribution in [3.63, 3.8) is 0 Å². The molecule has 1 N–H and O–H groups in total. The molecule has 0 amide bonds. The second kappa shape index (κ2) is 6.73. The standard InChI is InChI=1S/C17H27N3O/c1-3-6-18-16(15-8-12-4-5-13(15)7-12)9-14-10-17(21-2)20-11-19-14/h10-13,15-16,18H,3-9H2,1-2H3. The molecule has 0 radical (unpaired) electrons. The minimum atomic E-state index is 0.555. The summed E-state index contributed by atoms with van der Waals surface area (Å²) in [6.45, 7) is 3.33. The van der Waals surface area contributed by atoms with Crippen molar-refractivity contribution >= 4 is 0 Å². The van der Waals surface area contributed by atoms with Gasteiger partial charge in [-0.15, -0.1) is 0 Å². The lowest BCUT2D eigenvalue weighted by Crippen LogP contribution is -2.41. The topological polar surface area (TPSA) is 47.0 Å². The molecular formula is C17H27N3O. The number of rotatable bonds is 7. The van der Waals surface area contributed by atoms with Crippen molar-refractivity contribution in [2.45, 2.75) is 51.5 Å². The lowest BCUT2D eigenvalue weighted by atomic mass is 9.81. The Labute approximate surface area is 127 Å². The summed E-state index contributed by atoms with van der Waals surface area (Å²) in [6, 6.07) is 2.54. The van der Waals surface area contributed by atoms with Gasteiger partial charge in [-0.1, -0.05) is 13.3 Å². The van der Waals surface area contributed by atoms with Crippen LogP contribution in [0.15, 0.2) is 12.4 Å². The molecule has 1 heterocycles. The van der Waals surface area contributed by atoms with Gasteiger partial charge in [0.1, 0.15) is 6.33 Å². The first kappa shape index (κ1) is 14.8. The van der Waals surface area contributed by atoms with E-state index in [-0.39, 0.29) is 0 Å². The molecule has 4 heteroatoms. The number of hydrogen-bond donors (Lipinski definition) is 1. The van der Waals surface area contributed by atoms with Crippen LogP contribution in [-0.4, -0.2) is 29.7 Å². The van der Waals surface area contributed by atoms with Crippen molar-refractivity contribution in [3.8, 4) is 5.88 Å². The van der Waals surface area contributed by atoms with Gasteiger partial charge in [-0.05, 0) is 50.0 Å². The summed E-state index contributed by atoms with van der Waals surface area (Å²) in [7, 11) is 1.66. The fraction of sp³-hybridized carbons (Fsp3) is 0.765. The van der Waals surface area contributed by atoms with E-state index in [2.05, 4.69) is 22.2 Å². The van der Waals surface area contributed by atoms with E-state index in [0.29, 0.717) is 11.9 Å². The Morgan fingerprint density at radius 1 is 1.33 bits per heavy atom. The van der Waals surface area contributed by atoms with Crippen LogP contribution in [0.25, 0.3) is 0 Å². The van der Waals surface area contributed by atoms with Gasteiger partial charge in [0.25, 0.3) is 0 Å². The van der Waals surface area contributed by atoms with Crippen molar-refractivity contribution in [3.05, 3.63) is 18.1 Å². The van der Waals surface area contributed by atoms with Gasteiger partial charge >= 0.3 is 0 Å². The third-order valence-electron chi connectivity index (χ3n) is 5.30. The largest absolute Gasteiger partial charge is 0.481 e. The molecule has 2 aliphatic rings. The van der Waals surface area contributed by atoms with Crippen molar-refractivity contribution in [1.29, 1.82) is 0 Å². The van der Waals surface area contributed by atoms with E-state index in [9.17, 15) is 0 Å². The number of ether oxygens (including phenoxy) is 1. The van der Waals surface area contributed by atoms with Gasteiger partial charge in [-0.3, -0.25) is 0 Å². The summed E-state index contributed by atoms with van der Waals surface area (Å²) in [5, 5.41) is 3.78. The van der Waals surface area contributed by atoms with Gasteiger partial charge in [0.15, 0.2) is 0 Å². The normalized spacial score (nSPS) is 28.8. The van der Waals surface area contributed by atoms with Crippen LogP contribution in [0.4, 0.5) is 0 Å². The molecule has 0 spiro atoms. The molecule has 2 saturated carbocycles. The summed E-state index contributed by atoms with van der Waals surface area (Å²) in [6.07, 6.45) is 9.56. The van der Waals surface area contributed by atoms with E-state index < -0.39 is 0 Å². The molecule has 4 atom stereocenters. The number of hydrogen-bond acceptors (Lipinski definition) is 4. The van der Waals surface area contributed by atoms with E-state index in [1.165, 1.54) is 32.1 Å². The molecule has 1 aromatic heterocycles. The highest BCUT2D eigenvalue weighted by Crippen LogP contribution is 2.49. The van der Waals surface area contributed by atoms with E-state index >= 15 is 0 Å². The van der Waals surface area contributed by atoms with E-state index in [1.54, 1.807) is 13.4 Å². The Bertz CT molecular complexity index is 465. The first-order valence-corrected chi connectivity index (χ1v) is 8.38. The molecule has 2 bridgehead atoms. The zero-order valence-corrected chi connectivity index (χ0v) is 13.2. The highest BCUT2D eigenvalue weighted by atomic mass is 16.5. The SMILES string of the molecule is CCCNC(Cc1cc(OC)ncn1)C1CC2CCC1C2. The lowest BCUT2D eigenvalue weighted by Gasteiger charge is -2.31. The van der Waals surface area contributed by atoms with Gasteiger partial charge in [0.2, 0.25) is 5.88 Å². The molecule has 4 unspecified atom stereocenters. The van der Waals surface area contributed by atoms with E-state index in [1.807, 2.05) is 6.07 Å². The smallest absolute Gasteiger partial charge is 0.216 e. The predicted molar refractivity (Wildman–Crippen MR) is 83.3 cm³/mol. The van der Waals surface area contributed by atoms with Crippen LogP contribution in [-0.2, 0) is 6.42 Å². The molecule has 3 rings (SSSR count). The van der Waals surface area contributed by atoms with Crippen LogP contribution in [0.3, 0.4) is 0 Å². The van der Waals surface area contributed by atoms with Crippen LogP contribution >= 0.6 is 0 Å². The quantitative estimate of drug-likeness (QED) is 0.838. The molecule has 0 aliphatic heterocycles. The number of methoxy groups -OCH3 is 1. The van der Waals surface area contributed by atoms with Crippen LogP contribution < -0.4 is 10.1 Å². The molecule has 4 nitrogen and oxygen atoms in total. The van der Waals surface area contributed by atoms with Crippen molar-refractivity contribution in [2.75, 3.05) is 13.7 Å². The highest BCUT2D eigenvalue weighted by molar-refractivity contribution is 5.15. The number of fused-ring (bicyclic) bond motifs is 2. The molecule has 0 aromatic carbocycles. The minimum Gasteiger partial charge on any atom is -0.481 e. The second-order valence-electron chi connectivity index (χ2n) is 6.66. The number of aromatic nitrogens is 2. The van der Waals surface area contributed by atoms with Crippen LogP contribution in [0.2, 0.25) is 0 Å². The van der Waals surface area contributed by atoms with Gasteiger partial charge in [0.05, 0.1) is 7.11 Å². The first-order valence-electron chi connectivity index (χ1n) is 8.38. The van der Waals surface area contributed by atoms with Gasteiger partial charge in [-0.25, -0.2) is 9.97 Å². The molecule has 116 valence electrons. The Kier molecular flexibility index (Phi) is 4.73. The Hall–Kier alpha value is -1.16. The van der Waals surface area contributed by atoms with Crippen LogP contribution in [0.1, 0.15) is 44.7 Å².